The highest BCUT2D eigenvalue weighted by Gasteiger charge is 2.34. The Hall–Kier alpha value is -3.00. The second kappa shape index (κ2) is 14.4. The van der Waals surface area contributed by atoms with Crippen LogP contribution in [0.2, 0.25) is 0 Å². The molecule has 0 aromatic heterocycles. The summed E-state index contributed by atoms with van der Waals surface area (Å²) < 4.78 is 5.74. The number of benzene rings is 1. The molecule has 3 rings (SSSR count). The van der Waals surface area contributed by atoms with Gasteiger partial charge in [0, 0.05) is 24.2 Å². The fourth-order valence-corrected chi connectivity index (χ4v) is 4.31. The lowest BCUT2D eigenvalue weighted by Gasteiger charge is -2.31. The van der Waals surface area contributed by atoms with Crippen LogP contribution in [-0.4, -0.2) is 12.5 Å². The van der Waals surface area contributed by atoms with Crippen molar-refractivity contribution >= 4 is 11.6 Å². The van der Waals surface area contributed by atoms with E-state index in [4.69, 9.17) is 10.5 Å². The third kappa shape index (κ3) is 7.75. The van der Waals surface area contributed by atoms with Crippen molar-refractivity contribution in [3.63, 3.8) is 0 Å². The van der Waals surface area contributed by atoms with E-state index in [0.717, 1.165) is 53.5 Å². The minimum atomic E-state index is -0.284. The van der Waals surface area contributed by atoms with Crippen LogP contribution in [0.4, 0.5) is 5.69 Å². The van der Waals surface area contributed by atoms with Crippen molar-refractivity contribution in [1.82, 2.24) is 0 Å². The van der Waals surface area contributed by atoms with Crippen LogP contribution in [0, 0.1) is 23.2 Å². The first-order chi connectivity index (χ1) is 16.6. The third-order valence-electron chi connectivity index (χ3n) is 5.71. The summed E-state index contributed by atoms with van der Waals surface area (Å²) in [6, 6.07) is 10.2. The molecule has 35 heavy (non-hydrogen) atoms. The van der Waals surface area contributed by atoms with E-state index in [1.807, 2.05) is 56.9 Å². The maximum atomic E-state index is 12.2. The highest BCUT2D eigenvalue weighted by molar-refractivity contribution is 5.94. The molecule has 1 aromatic rings. The van der Waals surface area contributed by atoms with Gasteiger partial charge in [0.15, 0.2) is 0 Å². The van der Waals surface area contributed by atoms with Gasteiger partial charge in [0.05, 0.1) is 5.92 Å². The van der Waals surface area contributed by atoms with Crippen LogP contribution in [0.1, 0.15) is 93.1 Å². The Morgan fingerprint density at radius 1 is 1.14 bits per heavy atom. The van der Waals surface area contributed by atoms with Crippen LogP contribution < -0.4 is 10.6 Å². The second-order valence-corrected chi connectivity index (χ2v) is 9.62. The predicted molar refractivity (Wildman–Crippen MR) is 146 cm³/mol. The molecule has 5 heteroatoms. The zero-order valence-electron chi connectivity index (χ0n) is 23.2. The van der Waals surface area contributed by atoms with E-state index in [1.54, 1.807) is 0 Å². The van der Waals surface area contributed by atoms with Gasteiger partial charge in [-0.1, -0.05) is 66.7 Å². The first-order valence-corrected chi connectivity index (χ1v) is 13.0. The number of amides is 1. The fraction of sp³-hybridized carbons (Fsp3) is 0.533. The van der Waals surface area contributed by atoms with E-state index in [2.05, 4.69) is 46.8 Å². The number of allylic oxidation sites excluding steroid dienone is 5. The molecule has 0 radical (unpaired) electrons. The number of carbonyl (C=O) groups is 1. The smallest absolute Gasteiger partial charge is 0.226 e. The maximum absolute atomic E-state index is 12.2. The molecule has 192 valence electrons. The maximum Gasteiger partial charge on any atom is 0.226 e. The van der Waals surface area contributed by atoms with Gasteiger partial charge in [-0.05, 0) is 61.8 Å². The minimum Gasteiger partial charge on any atom is -0.445 e. The quantitative estimate of drug-likeness (QED) is 0.483. The van der Waals surface area contributed by atoms with Crippen molar-refractivity contribution in [3.8, 4) is 6.07 Å². The summed E-state index contributed by atoms with van der Waals surface area (Å²) in [7, 11) is 0. The topological polar surface area (TPSA) is 79.3 Å². The lowest BCUT2D eigenvalue weighted by Crippen LogP contribution is -2.35. The van der Waals surface area contributed by atoms with Gasteiger partial charge < -0.3 is 15.4 Å². The molecule has 2 heterocycles. The summed E-state index contributed by atoms with van der Waals surface area (Å²) in [5, 5.41) is 9.82. The van der Waals surface area contributed by atoms with Crippen molar-refractivity contribution in [2.24, 2.45) is 17.6 Å². The Labute approximate surface area is 213 Å². The fourth-order valence-electron chi connectivity index (χ4n) is 4.31. The molecule has 1 amide bonds. The van der Waals surface area contributed by atoms with Crippen molar-refractivity contribution in [2.45, 2.75) is 87.5 Å². The second-order valence-electron chi connectivity index (χ2n) is 9.62. The molecule has 0 bridgehead atoms. The number of nitrogens with two attached hydrogens (primary N) is 1. The normalized spacial score (nSPS) is 18.5. The summed E-state index contributed by atoms with van der Waals surface area (Å²) in [5.74, 6) is 1.88. The molecule has 2 aliphatic rings. The Balaban J connectivity index is 0.000000926. The molecule has 2 aliphatic heterocycles. The average molecular weight is 480 g/mol. The summed E-state index contributed by atoms with van der Waals surface area (Å²) in [5.41, 5.74) is 10.5. The third-order valence-corrected chi connectivity index (χ3v) is 5.71. The molecule has 1 atom stereocenters. The molecule has 0 spiro atoms. The lowest BCUT2D eigenvalue weighted by molar-refractivity contribution is -0.119. The molecule has 2 N–H and O–H groups in total. The summed E-state index contributed by atoms with van der Waals surface area (Å²) >= 11 is 0. The van der Waals surface area contributed by atoms with Gasteiger partial charge in [-0.15, -0.1) is 0 Å². The number of hydrogen-bond donors (Lipinski definition) is 1. The van der Waals surface area contributed by atoms with E-state index < -0.39 is 0 Å². The van der Waals surface area contributed by atoms with Crippen molar-refractivity contribution in [3.05, 3.63) is 64.3 Å². The van der Waals surface area contributed by atoms with Gasteiger partial charge in [-0.2, -0.15) is 5.26 Å². The zero-order valence-corrected chi connectivity index (χ0v) is 23.2. The SMILES string of the molecule is C/C=C(\C1=C(C)OC(N)=C(C#N)C1c1ccc(N2CCCCC2=O)cc1)C(C)C.CC.CC(C)C. The van der Waals surface area contributed by atoms with Crippen LogP contribution in [0.25, 0.3) is 0 Å². The average Bonchev–Trinajstić information content (AvgIpc) is 2.82. The molecule has 0 saturated carbocycles. The molecule has 1 unspecified atom stereocenters. The van der Waals surface area contributed by atoms with Crippen LogP contribution in [0.3, 0.4) is 0 Å². The summed E-state index contributed by atoms with van der Waals surface area (Å²) in [4.78, 5) is 14.1. The van der Waals surface area contributed by atoms with Gasteiger partial charge in [0.2, 0.25) is 11.8 Å². The van der Waals surface area contributed by atoms with E-state index >= 15 is 0 Å². The molecular weight excluding hydrogens is 434 g/mol. The largest absolute Gasteiger partial charge is 0.445 e. The van der Waals surface area contributed by atoms with Crippen LogP contribution in [-0.2, 0) is 9.53 Å². The molecule has 0 aliphatic carbocycles. The van der Waals surface area contributed by atoms with Gasteiger partial charge in [0.25, 0.3) is 0 Å². The van der Waals surface area contributed by atoms with Crippen molar-refractivity contribution in [1.29, 1.82) is 5.26 Å². The highest BCUT2D eigenvalue weighted by atomic mass is 16.5. The standard InChI is InChI=1S/C24H29N3O2.C4H10.C2H6/c1-5-19(15(2)3)22-16(4)29-24(26)20(14-25)23(22)17-9-11-18(12-10-17)27-13-7-6-8-21(27)28;1-4(2)3;1-2/h5,9-12,15,23H,6-8,13,26H2,1-4H3;4H,1-3H3;1-2H3/b19-5-;;. The number of ether oxygens (including phenoxy) is 1. The first kappa shape index (κ1) is 30.0. The number of nitrogens with zero attached hydrogens (tertiary/aromatic N) is 2. The Morgan fingerprint density at radius 3 is 2.17 bits per heavy atom. The zero-order chi connectivity index (χ0) is 26.7. The monoisotopic (exact) mass is 479 g/mol. The Morgan fingerprint density at radius 2 is 1.71 bits per heavy atom. The first-order valence-electron chi connectivity index (χ1n) is 13.0. The highest BCUT2D eigenvalue weighted by Crippen LogP contribution is 2.44. The van der Waals surface area contributed by atoms with Gasteiger partial charge in [0.1, 0.15) is 17.4 Å². The number of anilines is 1. The molecule has 1 fully saturated rings. The van der Waals surface area contributed by atoms with E-state index in [-0.39, 0.29) is 23.6 Å². The number of piperidine rings is 1. The molecular formula is C30H45N3O2. The number of rotatable bonds is 4. The Kier molecular flexibility index (Phi) is 12.4. The van der Waals surface area contributed by atoms with Crippen LogP contribution in [0.5, 0.6) is 0 Å². The van der Waals surface area contributed by atoms with Gasteiger partial charge in [-0.25, -0.2) is 0 Å². The van der Waals surface area contributed by atoms with E-state index in [1.165, 1.54) is 0 Å². The van der Waals surface area contributed by atoms with Crippen LogP contribution >= 0.6 is 0 Å². The molecule has 5 nitrogen and oxygen atoms in total. The van der Waals surface area contributed by atoms with Crippen molar-refractivity contribution in [2.75, 3.05) is 11.4 Å². The van der Waals surface area contributed by atoms with Gasteiger partial charge in [-0.3, -0.25) is 4.79 Å². The van der Waals surface area contributed by atoms with Crippen molar-refractivity contribution < 1.29 is 9.53 Å². The van der Waals surface area contributed by atoms with E-state index in [0.29, 0.717) is 12.0 Å². The summed E-state index contributed by atoms with van der Waals surface area (Å²) in [6.45, 7) is 19.4. The number of hydrogen-bond acceptors (Lipinski definition) is 4. The molecule has 1 aromatic carbocycles. The van der Waals surface area contributed by atoms with E-state index in [9.17, 15) is 10.1 Å². The number of carbonyl (C=O) groups excluding carboxylic acids is 1. The minimum absolute atomic E-state index is 0.160. The number of nitriles is 1. The lowest BCUT2D eigenvalue weighted by atomic mass is 9.77. The molecule has 1 saturated heterocycles. The van der Waals surface area contributed by atoms with Crippen LogP contribution in [0.15, 0.2) is 58.7 Å². The Bertz CT molecular complexity index is 973. The predicted octanol–water partition coefficient (Wildman–Crippen LogP) is 7.58. The summed E-state index contributed by atoms with van der Waals surface area (Å²) in [6.07, 6.45) is 4.66. The van der Waals surface area contributed by atoms with Gasteiger partial charge >= 0.3 is 0 Å².